The van der Waals surface area contributed by atoms with Gasteiger partial charge in [-0.1, -0.05) is 6.42 Å². The molecule has 2 unspecified atom stereocenters. The number of carbonyl (C=O) groups is 1. The molecule has 0 spiro atoms. The van der Waals surface area contributed by atoms with Gasteiger partial charge in [-0.25, -0.2) is 4.98 Å². The van der Waals surface area contributed by atoms with Crippen LogP contribution in [0.3, 0.4) is 0 Å². The summed E-state index contributed by atoms with van der Waals surface area (Å²) in [6, 6.07) is 1.52. The Labute approximate surface area is 119 Å². The molecule has 1 aromatic rings. The van der Waals surface area contributed by atoms with Crippen LogP contribution in [0.25, 0.3) is 0 Å². The van der Waals surface area contributed by atoms with Crippen LogP contribution >= 0.6 is 0 Å². The maximum absolute atomic E-state index is 12.7. The third-order valence-corrected chi connectivity index (χ3v) is 3.67. The van der Waals surface area contributed by atoms with Crippen LogP contribution in [0, 0.1) is 5.92 Å². The molecule has 116 valence electrons. The average Bonchev–Trinajstić information content (AvgIpc) is 2.84. The first-order valence-corrected chi connectivity index (χ1v) is 6.58. The minimum absolute atomic E-state index is 0.0669. The Morgan fingerprint density at radius 2 is 2.14 bits per heavy atom. The molecule has 1 heterocycles. The van der Waals surface area contributed by atoms with Crippen LogP contribution in [0.1, 0.15) is 35.3 Å². The minimum atomic E-state index is -4.60. The fraction of sp³-hybridized carbons (Fsp3) is 0.538. The molecule has 0 bridgehead atoms. The molecule has 4 N–H and O–H groups in total. The molecule has 1 aliphatic carbocycles. The van der Waals surface area contributed by atoms with Gasteiger partial charge >= 0.3 is 6.18 Å². The fourth-order valence-corrected chi connectivity index (χ4v) is 2.55. The number of nitrogens with zero attached hydrogens (tertiary/aromatic N) is 1. The SMILES string of the molecule is NC(=O)c1ccc(C(F)(F)F)nc1NC1CCCC1CO. The summed E-state index contributed by atoms with van der Waals surface area (Å²) in [5.41, 5.74) is 3.99. The lowest BCUT2D eigenvalue weighted by Crippen LogP contribution is -2.29. The van der Waals surface area contributed by atoms with Gasteiger partial charge < -0.3 is 16.2 Å². The minimum Gasteiger partial charge on any atom is -0.396 e. The second kappa shape index (κ2) is 5.88. The molecule has 1 fully saturated rings. The van der Waals surface area contributed by atoms with E-state index < -0.39 is 17.8 Å². The van der Waals surface area contributed by atoms with Crippen molar-refractivity contribution in [3.63, 3.8) is 0 Å². The van der Waals surface area contributed by atoms with Gasteiger partial charge in [0, 0.05) is 18.6 Å². The Balaban J connectivity index is 2.32. The van der Waals surface area contributed by atoms with Crippen molar-refractivity contribution in [3.05, 3.63) is 23.4 Å². The van der Waals surface area contributed by atoms with Crippen LogP contribution < -0.4 is 11.1 Å². The van der Waals surface area contributed by atoms with E-state index in [0.717, 1.165) is 25.0 Å². The normalized spacial score (nSPS) is 22.3. The lowest BCUT2D eigenvalue weighted by atomic mass is 10.0. The summed E-state index contributed by atoms with van der Waals surface area (Å²) in [6.45, 7) is -0.0669. The first-order chi connectivity index (χ1) is 9.82. The fourth-order valence-electron chi connectivity index (χ4n) is 2.55. The number of pyridine rings is 1. The molecule has 1 amide bonds. The first kappa shape index (κ1) is 15.6. The van der Waals surface area contributed by atoms with Gasteiger partial charge in [0.25, 0.3) is 5.91 Å². The van der Waals surface area contributed by atoms with Crippen molar-refractivity contribution >= 4 is 11.7 Å². The van der Waals surface area contributed by atoms with Crippen LogP contribution in [-0.2, 0) is 6.18 Å². The van der Waals surface area contributed by atoms with Crippen LogP contribution in [0.2, 0.25) is 0 Å². The quantitative estimate of drug-likeness (QED) is 0.791. The highest BCUT2D eigenvalue weighted by Gasteiger charge is 2.34. The molecular weight excluding hydrogens is 287 g/mol. The molecule has 1 aliphatic rings. The zero-order valence-corrected chi connectivity index (χ0v) is 11.2. The largest absolute Gasteiger partial charge is 0.433 e. The third-order valence-electron chi connectivity index (χ3n) is 3.67. The molecule has 5 nitrogen and oxygen atoms in total. The van der Waals surface area contributed by atoms with Gasteiger partial charge in [-0.3, -0.25) is 4.79 Å². The highest BCUT2D eigenvalue weighted by molar-refractivity contribution is 5.97. The standard InChI is InChI=1S/C13H16F3N3O2/c14-13(15,16)10-5-4-8(11(17)21)12(19-10)18-9-3-1-2-7(9)6-20/h4-5,7,9,20H,1-3,6H2,(H2,17,21)(H,18,19). The van der Waals surface area contributed by atoms with E-state index in [1.54, 1.807) is 0 Å². The monoisotopic (exact) mass is 303 g/mol. The van der Waals surface area contributed by atoms with E-state index in [2.05, 4.69) is 10.3 Å². The van der Waals surface area contributed by atoms with Gasteiger partial charge in [0.2, 0.25) is 0 Å². The van der Waals surface area contributed by atoms with Gasteiger partial charge in [-0.2, -0.15) is 13.2 Å². The summed E-state index contributed by atoms with van der Waals surface area (Å²) in [4.78, 5) is 14.8. The number of alkyl halides is 3. The van der Waals surface area contributed by atoms with Crippen LogP contribution in [0.15, 0.2) is 12.1 Å². The number of primary amides is 1. The molecule has 2 rings (SSSR count). The molecule has 0 radical (unpaired) electrons. The molecular formula is C13H16F3N3O2. The van der Waals surface area contributed by atoms with Crippen molar-refractivity contribution in [1.29, 1.82) is 0 Å². The predicted octanol–water partition coefficient (Wildman–Crippen LogP) is 1.77. The number of nitrogens with two attached hydrogens (primary N) is 1. The zero-order chi connectivity index (χ0) is 15.6. The molecule has 1 aromatic heterocycles. The van der Waals surface area contributed by atoms with E-state index >= 15 is 0 Å². The van der Waals surface area contributed by atoms with Crippen LogP contribution in [0.5, 0.6) is 0 Å². The summed E-state index contributed by atoms with van der Waals surface area (Å²) in [6.07, 6.45) is -2.27. The maximum atomic E-state index is 12.7. The van der Waals surface area contributed by atoms with Gasteiger partial charge in [0.1, 0.15) is 11.5 Å². The Morgan fingerprint density at radius 1 is 1.43 bits per heavy atom. The summed E-state index contributed by atoms with van der Waals surface area (Å²) in [5.74, 6) is -1.10. The second-order valence-corrected chi connectivity index (χ2v) is 5.08. The summed E-state index contributed by atoms with van der Waals surface area (Å²) >= 11 is 0. The Hall–Kier alpha value is -1.83. The van der Waals surface area contributed by atoms with Crippen molar-refractivity contribution in [3.8, 4) is 0 Å². The van der Waals surface area contributed by atoms with E-state index in [4.69, 9.17) is 5.73 Å². The predicted molar refractivity (Wildman–Crippen MR) is 69.6 cm³/mol. The van der Waals surface area contributed by atoms with Crippen molar-refractivity contribution in [2.45, 2.75) is 31.5 Å². The third kappa shape index (κ3) is 3.44. The lowest BCUT2D eigenvalue weighted by Gasteiger charge is -2.21. The molecule has 0 aliphatic heterocycles. The van der Waals surface area contributed by atoms with Crippen LogP contribution in [-0.4, -0.2) is 28.6 Å². The number of aliphatic hydroxyl groups is 1. The van der Waals surface area contributed by atoms with Gasteiger partial charge in [-0.05, 0) is 25.0 Å². The number of hydrogen-bond acceptors (Lipinski definition) is 4. The number of carbonyl (C=O) groups excluding carboxylic acids is 1. The lowest BCUT2D eigenvalue weighted by molar-refractivity contribution is -0.141. The Bertz CT molecular complexity index is 534. The number of anilines is 1. The van der Waals surface area contributed by atoms with Gasteiger partial charge in [-0.15, -0.1) is 0 Å². The van der Waals surface area contributed by atoms with E-state index in [0.29, 0.717) is 6.42 Å². The van der Waals surface area contributed by atoms with E-state index in [9.17, 15) is 23.1 Å². The highest BCUT2D eigenvalue weighted by Crippen LogP contribution is 2.32. The van der Waals surface area contributed by atoms with Crippen molar-refractivity contribution in [1.82, 2.24) is 4.98 Å². The Morgan fingerprint density at radius 3 is 2.71 bits per heavy atom. The smallest absolute Gasteiger partial charge is 0.396 e. The van der Waals surface area contributed by atoms with Crippen molar-refractivity contribution in [2.75, 3.05) is 11.9 Å². The number of aromatic nitrogens is 1. The molecule has 0 aromatic carbocycles. The first-order valence-electron chi connectivity index (χ1n) is 6.58. The number of hydrogen-bond donors (Lipinski definition) is 3. The molecule has 0 saturated heterocycles. The zero-order valence-electron chi connectivity index (χ0n) is 11.2. The van der Waals surface area contributed by atoms with E-state index in [-0.39, 0.29) is 29.9 Å². The molecule has 1 saturated carbocycles. The van der Waals surface area contributed by atoms with E-state index in [1.165, 1.54) is 0 Å². The number of amides is 1. The molecule has 21 heavy (non-hydrogen) atoms. The number of nitrogens with one attached hydrogen (secondary N) is 1. The maximum Gasteiger partial charge on any atom is 0.433 e. The molecule has 8 heteroatoms. The summed E-state index contributed by atoms with van der Waals surface area (Å²) in [5, 5.41) is 12.1. The molecule has 2 atom stereocenters. The topological polar surface area (TPSA) is 88.2 Å². The Kier molecular flexibility index (Phi) is 4.36. The number of halogens is 3. The van der Waals surface area contributed by atoms with Crippen molar-refractivity contribution < 1.29 is 23.1 Å². The van der Waals surface area contributed by atoms with E-state index in [1.807, 2.05) is 0 Å². The second-order valence-electron chi connectivity index (χ2n) is 5.08. The van der Waals surface area contributed by atoms with Gasteiger partial charge in [0.05, 0.1) is 5.56 Å². The number of aliphatic hydroxyl groups excluding tert-OH is 1. The number of rotatable bonds is 4. The highest BCUT2D eigenvalue weighted by atomic mass is 19.4. The average molecular weight is 303 g/mol. The summed E-state index contributed by atoms with van der Waals surface area (Å²) in [7, 11) is 0. The van der Waals surface area contributed by atoms with Crippen LogP contribution in [0.4, 0.5) is 19.0 Å². The van der Waals surface area contributed by atoms with Crippen molar-refractivity contribution in [2.24, 2.45) is 11.7 Å². The van der Waals surface area contributed by atoms with Gasteiger partial charge in [0.15, 0.2) is 0 Å². The summed E-state index contributed by atoms with van der Waals surface area (Å²) < 4.78 is 38.1.